The Balaban J connectivity index is 2.28. The number of benzene rings is 1. The average Bonchev–Trinajstić information content (AvgIpc) is 2.07. The van der Waals surface area contributed by atoms with Crippen LogP contribution < -0.4 is 10.5 Å². The minimum Gasteiger partial charge on any atom is -0.329 e. The van der Waals surface area contributed by atoms with E-state index in [1.807, 2.05) is 18.2 Å². The minimum absolute atomic E-state index is 0.680. The summed E-state index contributed by atoms with van der Waals surface area (Å²) in [7, 11) is 0. The molecule has 2 nitrogen and oxygen atoms in total. The predicted molar refractivity (Wildman–Crippen MR) is 49.4 cm³/mol. The van der Waals surface area contributed by atoms with Crippen molar-refractivity contribution in [3.8, 4) is 0 Å². The van der Waals surface area contributed by atoms with Crippen LogP contribution in [0.15, 0.2) is 35.2 Å². The van der Waals surface area contributed by atoms with Crippen LogP contribution in [-0.2, 0) is 0 Å². The van der Waals surface area contributed by atoms with Crippen LogP contribution in [0, 0.1) is 0 Å². The fraction of sp³-hybridized carbons (Fsp3) is 0.250. The van der Waals surface area contributed by atoms with Crippen molar-refractivity contribution in [2.24, 2.45) is 5.73 Å². The second kappa shape index (κ2) is 5.18. The van der Waals surface area contributed by atoms with Crippen molar-refractivity contribution in [2.45, 2.75) is 4.90 Å². The van der Waals surface area contributed by atoms with E-state index in [0.717, 1.165) is 6.54 Å². The summed E-state index contributed by atoms with van der Waals surface area (Å²) in [6.45, 7) is 1.53. The van der Waals surface area contributed by atoms with Gasteiger partial charge in [-0.05, 0) is 24.1 Å². The number of hydrogen-bond donors (Lipinski definition) is 2. The molecule has 60 valence electrons. The molecule has 0 bridgehead atoms. The first-order valence-electron chi connectivity index (χ1n) is 3.58. The second-order valence-corrected chi connectivity index (χ2v) is 3.06. The van der Waals surface area contributed by atoms with Gasteiger partial charge in [0.2, 0.25) is 0 Å². The van der Waals surface area contributed by atoms with E-state index in [4.69, 9.17) is 5.73 Å². The fourth-order valence-electron chi connectivity index (χ4n) is 0.682. The van der Waals surface area contributed by atoms with E-state index in [1.54, 1.807) is 11.9 Å². The van der Waals surface area contributed by atoms with Gasteiger partial charge in [-0.3, -0.25) is 4.72 Å². The third kappa shape index (κ3) is 3.41. The molecule has 1 aromatic carbocycles. The molecule has 1 aromatic rings. The van der Waals surface area contributed by atoms with E-state index in [-0.39, 0.29) is 0 Å². The summed E-state index contributed by atoms with van der Waals surface area (Å²) in [5.41, 5.74) is 5.32. The first-order chi connectivity index (χ1) is 5.43. The second-order valence-electron chi connectivity index (χ2n) is 2.10. The van der Waals surface area contributed by atoms with Gasteiger partial charge in [0.15, 0.2) is 0 Å². The molecular weight excluding hydrogens is 156 g/mol. The normalized spacial score (nSPS) is 9.91. The van der Waals surface area contributed by atoms with Crippen molar-refractivity contribution in [1.82, 2.24) is 4.72 Å². The Morgan fingerprint density at radius 3 is 2.64 bits per heavy atom. The highest BCUT2D eigenvalue weighted by Crippen LogP contribution is 2.11. The van der Waals surface area contributed by atoms with Crippen molar-refractivity contribution >= 4 is 11.9 Å². The largest absolute Gasteiger partial charge is 0.329 e. The van der Waals surface area contributed by atoms with Crippen LogP contribution in [0.1, 0.15) is 0 Å². The SMILES string of the molecule is NCCNSc1ccccc1. The Morgan fingerprint density at radius 2 is 2.00 bits per heavy atom. The lowest BCUT2D eigenvalue weighted by atomic mass is 10.4. The monoisotopic (exact) mass is 168 g/mol. The summed E-state index contributed by atoms with van der Waals surface area (Å²) >= 11 is 1.61. The van der Waals surface area contributed by atoms with Gasteiger partial charge in [0, 0.05) is 18.0 Å². The van der Waals surface area contributed by atoms with E-state index in [2.05, 4.69) is 16.9 Å². The van der Waals surface area contributed by atoms with E-state index in [0.29, 0.717) is 6.54 Å². The highest BCUT2D eigenvalue weighted by molar-refractivity contribution is 7.97. The number of nitrogens with one attached hydrogen (secondary N) is 1. The van der Waals surface area contributed by atoms with Gasteiger partial charge in [-0.15, -0.1) is 0 Å². The van der Waals surface area contributed by atoms with Crippen LogP contribution >= 0.6 is 11.9 Å². The third-order valence-corrected chi connectivity index (χ3v) is 2.04. The van der Waals surface area contributed by atoms with Crippen molar-refractivity contribution in [3.05, 3.63) is 30.3 Å². The van der Waals surface area contributed by atoms with Crippen molar-refractivity contribution in [2.75, 3.05) is 13.1 Å². The van der Waals surface area contributed by atoms with Crippen LogP contribution in [0.2, 0.25) is 0 Å². The molecule has 3 N–H and O–H groups in total. The summed E-state index contributed by atoms with van der Waals surface area (Å²) in [6, 6.07) is 10.2. The lowest BCUT2D eigenvalue weighted by Gasteiger charge is -2.00. The van der Waals surface area contributed by atoms with Gasteiger partial charge in [0.05, 0.1) is 0 Å². The predicted octanol–water partition coefficient (Wildman–Crippen LogP) is 1.24. The van der Waals surface area contributed by atoms with Gasteiger partial charge in [-0.2, -0.15) is 0 Å². The third-order valence-electron chi connectivity index (χ3n) is 1.18. The molecule has 3 heteroatoms. The lowest BCUT2D eigenvalue weighted by molar-refractivity contribution is 0.917. The maximum atomic E-state index is 5.32. The first kappa shape index (κ1) is 8.59. The van der Waals surface area contributed by atoms with Crippen LogP contribution in [0.25, 0.3) is 0 Å². The molecule has 0 aromatic heterocycles. The Kier molecular flexibility index (Phi) is 4.04. The molecular formula is C8H12N2S. The van der Waals surface area contributed by atoms with Crippen LogP contribution in [0.3, 0.4) is 0 Å². The molecule has 11 heavy (non-hydrogen) atoms. The number of hydrogen-bond acceptors (Lipinski definition) is 3. The highest BCUT2D eigenvalue weighted by atomic mass is 32.2. The molecule has 0 amide bonds. The van der Waals surface area contributed by atoms with E-state index >= 15 is 0 Å². The quantitative estimate of drug-likeness (QED) is 0.525. The summed E-state index contributed by atoms with van der Waals surface area (Å²) in [5, 5.41) is 0. The Bertz CT molecular complexity index is 189. The van der Waals surface area contributed by atoms with Crippen LogP contribution in [0.5, 0.6) is 0 Å². The first-order valence-corrected chi connectivity index (χ1v) is 4.40. The van der Waals surface area contributed by atoms with Gasteiger partial charge >= 0.3 is 0 Å². The Morgan fingerprint density at radius 1 is 1.27 bits per heavy atom. The molecule has 0 aliphatic heterocycles. The Hall–Kier alpha value is -0.510. The van der Waals surface area contributed by atoms with Gasteiger partial charge in [-0.1, -0.05) is 18.2 Å². The van der Waals surface area contributed by atoms with Gasteiger partial charge < -0.3 is 5.73 Å². The number of rotatable bonds is 4. The van der Waals surface area contributed by atoms with Gasteiger partial charge in [-0.25, -0.2) is 0 Å². The molecule has 0 heterocycles. The maximum Gasteiger partial charge on any atom is 0.0228 e. The zero-order chi connectivity index (χ0) is 7.94. The molecule has 0 radical (unpaired) electrons. The maximum absolute atomic E-state index is 5.32. The van der Waals surface area contributed by atoms with Crippen molar-refractivity contribution < 1.29 is 0 Å². The molecule has 0 saturated heterocycles. The molecule has 0 atom stereocenters. The summed E-state index contributed by atoms with van der Waals surface area (Å²) in [4.78, 5) is 1.22. The average molecular weight is 168 g/mol. The molecule has 1 rings (SSSR count). The van der Waals surface area contributed by atoms with Crippen LogP contribution in [0.4, 0.5) is 0 Å². The zero-order valence-corrected chi connectivity index (χ0v) is 7.10. The van der Waals surface area contributed by atoms with E-state index < -0.39 is 0 Å². The van der Waals surface area contributed by atoms with Crippen LogP contribution in [-0.4, -0.2) is 13.1 Å². The van der Waals surface area contributed by atoms with E-state index in [1.165, 1.54) is 4.90 Å². The number of nitrogens with two attached hydrogens (primary N) is 1. The standard InChI is InChI=1S/C8H12N2S/c9-6-7-10-11-8-4-2-1-3-5-8/h1-5,10H,6-7,9H2. The fourth-order valence-corrected chi connectivity index (χ4v) is 1.36. The molecule has 0 spiro atoms. The summed E-state index contributed by atoms with van der Waals surface area (Å²) in [5.74, 6) is 0. The van der Waals surface area contributed by atoms with Crippen molar-refractivity contribution in [3.63, 3.8) is 0 Å². The molecule has 0 unspecified atom stereocenters. The van der Waals surface area contributed by atoms with Gasteiger partial charge in [0.25, 0.3) is 0 Å². The summed E-state index contributed by atoms with van der Waals surface area (Å²) in [6.07, 6.45) is 0. The van der Waals surface area contributed by atoms with Crippen molar-refractivity contribution in [1.29, 1.82) is 0 Å². The zero-order valence-electron chi connectivity index (χ0n) is 6.29. The minimum atomic E-state index is 0.680. The van der Waals surface area contributed by atoms with Gasteiger partial charge in [0.1, 0.15) is 0 Å². The lowest BCUT2D eigenvalue weighted by Crippen LogP contribution is -2.15. The smallest absolute Gasteiger partial charge is 0.0228 e. The molecule has 0 aliphatic carbocycles. The molecule has 0 aliphatic rings. The Labute approximate surface area is 71.3 Å². The molecule has 0 saturated carbocycles. The van der Waals surface area contributed by atoms with E-state index in [9.17, 15) is 0 Å². The summed E-state index contributed by atoms with van der Waals surface area (Å²) < 4.78 is 3.14. The molecule has 0 fully saturated rings. The highest BCUT2D eigenvalue weighted by Gasteiger charge is 1.88. The topological polar surface area (TPSA) is 38.0 Å².